The van der Waals surface area contributed by atoms with E-state index in [1.54, 1.807) is 68.8 Å². The molecule has 8 heterocycles. The van der Waals surface area contributed by atoms with Crippen molar-refractivity contribution in [3.63, 3.8) is 0 Å². The van der Waals surface area contributed by atoms with E-state index in [-0.39, 0.29) is 11.6 Å². The van der Waals surface area contributed by atoms with Gasteiger partial charge in [0.15, 0.2) is 0 Å². The third-order valence-electron chi connectivity index (χ3n) is 19.3. The molecule has 0 spiro atoms. The predicted molar refractivity (Wildman–Crippen MR) is 405 cm³/mol. The van der Waals surface area contributed by atoms with E-state index in [9.17, 15) is 0 Å². The molecule has 0 N–H and O–H groups in total. The van der Waals surface area contributed by atoms with Gasteiger partial charge in [-0.05, 0) is 33.2 Å². The van der Waals surface area contributed by atoms with Crippen molar-refractivity contribution in [3.05, 3.63) is 130 Å². The molecule has 464 valence electrons. The Kier molecular flexibility index (Phi) is 18.5. The van der Waals surface area contributed by atoms with Crippen molar-refractivity contribution < 1.29 is 8.78 Å². The molecule has 0 bridgehead atoms. The number of aryl methyl sites for hydroxylation is 2. The van der Waals surface area contributed by atoms with Crippen LogP contribution in [0.4, 0.5) is 8.78 Å². The SMILES string of the molecule is CCCCCCc1ccc(-c2ccc(-c3cc(F)c(-c4cc5cc6c(C#C[Si](C(C)C)(C(C)C)C(C)C)c7cc8cc(-c9c(F)cc(-c%10ccc(-c%11ccc(C)s%11)s%10)c%10n[se]nc9%10)sc8cc7c(C#C[Si](C(C)C)(C(C)C)C(C)C)c6cc5s4)c4n[se]nc34)s2)s1. The second kappa shape index (κ2) is 26.0. The van der Waals surface area contributed by atoms with Crippen LogP contribution in [-0.4, -0.2) is 62.0 Å². The van der Waals surface area contributed by atoms with Crippen LogP contribution in [-0.2, 0) is 6.42 Å². The molecule has 0 aliphatic rings. The van der Waals surface area contributed by atoms with Crippen LogP contribution >= 0.6 is 68.0 Å². The van der Waals surface area contributed by atoms with Crippen LogP contribution in [0.5, 0.6) is 0 Å². The zero-order valence-corrected chi connectivity index (χ0v) is 64.4. The van der Waals surface area contributed by atoms with Crippen LogP contribution in [0.2, 0.25) is 33.2 Å². The zero-order valence-electron chi connectivity index (χ0n) is 54.0. The number of thiophene rings is 6. The first-order valence-corrected chi connectivity index (χ1v) is 44.4. The molecule has 91 heavy (non-hydrogen) atoms. The van der Waals surface area contributed by atoms with Crippen molar-refractivity contribution in [1.82, 2.24) is 15.9 Å². The summed E-state index contributed by atoms with van der Waals surface area (Å²) in [6.45, 7) is 32.9. The number of hydrogen-bond acceptors (Lipinski definition) is 10. The van der Waals surface area contributed by atoms with Crippen LogP contribution in [0.3, 0.4) is 0 Å². The van der Waals surface area contributed by atoms with E-state index in [4.69, 9.17) is 15.9 Å². The second-order valence-electron chi connectivity index (χ2n) is 26.4. The molecule has 0 unspecified atom stereocenters. The quantitative estimate of drug-likeness (QED) is 0.0395. The average molecular weight is 1480 g/mol. The molecule has 4 nitrogen and oxygen atoms in total. The molecule has 0 atom stereocenters. The molecule has 5 aromatic carbocycles. The third kappa shape index (κ3) is 11.6. The summed E-state index contributed by atoms with van der Waals surface area (Å²) in [6, 6.07) is 34.4. The van der Waals surface area contributed by atoms with Crippen molar-refractivity contribution in [3.8, 4) is 84.2 Å². The van der Waals surface area contributed by atoms with Crippen molar-refractivity contribution in [2.24, 2.45) is 0 Å². The van der Waals surface area contributed by atoms with Crippen LogP contribution in [0.25, 0.3) is 125 Å². The fourth-order valence-electron chi connectivity index (χ4n) is 14.8. The summed E-state index contributed by atoms with van der Waals surface area (Å²) >= 11 is 9.47. The summed E-state index contributed by atoms with van der Waals surface area (Å²) in [7, 11) is -4.58. The zero-order chi connectivity index (χ0) is 63.9. The van der Waals surface area contributed by atoms with Gasteiger partial charge in [0.1, 0.15) is 0 Å². The Balaban J connectivity index is 1.01. The second-order valence-corrected chi connectivity index (χ2v) is 46.6. The topological polar surface area (TPSA) is 51.6 Å². The predicted octanol–water partition coefficient (Wildman–Crippen LogP) is 24.5. The Bertz CT molecular complexity index is 4890. The molecule has 0 aliphatic carbocycles. The van der Waals surface area contributed by atoms with Gasteiger partial charge >= 0.3 is 443 Å². The average Bonchev–Trinajstić information content (AvgIpc) is 0.950. The molecule has 0 saturated carbocycles. The number of nitrogens with zero attached hydrogens (tertiary/aromatic N) is 4. The number of aromatic nitrogens is 4. The number of unbranched alkanes of at least 4 members (excludes halogenated alkanes) is 3. The first-order valence-electron chi connectivity index (χ1n) is 31.9. The van der Waals surface area contributed by atoms with Crippen LogP contribution < -0.4 is 0 Å². The summed E-state index contributed by atoms with van der Waals surface area (Å²) in [5, 5.41) is 6.22. The fourth-order valence-corrected chi connectivity index (χ4v) is 34.0. The van der Waals surface area contributed by atoms with Gasteiger partial charge in [0.05, 0.1) is 0 Å². The summed E-state index contributed by atoms with van der Waals surface area (Å²) in [6.07, 6.45) is 6.11. The van der Waals surface area contributed by atoms with Gasteiger partial charge in [-0.2, -0.15) is 0 Å². The monoisotopic (exact) mass is 1480 g/mol. The Morgan fingerprint density at radius 1 is 0.418 bits per heavy atom. The summed E-state index contributed by atoms with van der Waals surface area (Å²) < 4.78 is 56.9. The normalized spacial score (nSPS) is 12.6. The van der Waals surface area contributed by atoms with Crippen molar-refractivity contribution in [2.75, 3.05) is 0 Å². The maximum atomic E-state index is 17.5. The Hall–Kier alpha value is -5.01. The van der Waals surface area contributed by atoms with Gasteiger partial charge in [0, 0.05) is 0 Å². The van der Waals surface area contributed by atoms with Gasteiger partial charge in [-0.3, -0.25) is 0 Å². The van der Waals surface area contributed by atoms with Crippen molar-refractivity contribution in [2.45, 2.75) is 162 Å². The van der Waals surface area contributed by atoms with Gasteiger partial charge in [0.2, 0.25) is 0 Å². The molecule has 0 aliphatic heterocycles. The van der Waals surface area contributed by atoms with E-state index in [0.29, 0.717) is 55.4 Å². The molecule has 13 aromatic rings. The minimum absolute atomic E-state index is 0.286. The molecule has 13 rings (SSSR count). The van der Waals surface area contributed by atoms with E-state index in [1.807, 2.05) is 11.3 Å². The van der Waals surface area contributed by atoms with Gasteiger partial charge in [-0.25, -0.2) is 0 Å². The summed E-state index contributed by atoms with van der Waals surface area (Å²) in [4.78, 5) is 11.1. The van der Waals surface area contributed by atoms with E-state index in [1.165, 1.54) is 50.1 Å². The molecule has 8 aromatic heterocycles. The maximum absolute atomic E-state index is 17.5. The van der Waals surface area contributed by atoms with Gasteiger partial charge < -0.3 is 0 Å². The van der Waals surface area contributed by atoms with Gasteiger partial charge in [-0.1, -0.05) is 103 Å². The summed E-state index contributed by atoms with van der Waals surface area (Å²) in [5.74, 6) is 7.54. The first kappa shape index (κ1) is 64.7. The number of halogens is 2. The van der Waals surface area contributed by atoms with E-state index >= 15 is 8.78 Å². The molecule has 0 fully saturated rings. The Morgan fingerprint density at radius 3 is 1.24 bits per heavy atom. The first-order chi connectivity index (χ1) is 43.7. The molecule has 0 radical (unpaired) electrons. The van der Waals surface area contributed by atoms with E-state index in [0.717, 1.165) is 106 Å². The van der Waals surface area contributed by atoms with Crippen LogP contribution in [0, 0.1) is 41.5 Å². The molecule has 0 saturated heterocycles. The number of hydrogen-bond donors (Lipinski definition) is 0. The number of rotatable bonds is 17. The number of benzene rings is 5. The van der Waals surface area contributed by atoms with Crippen molar-refractivity contribution in [1.29, 1.82) is 0 Å². The minimum atomic E-state index is -2.29. The van der Waals surface area contributed by atoms with E-state index < -0.39 is 46.1 Å². The van der Waals surface area contributed by atoms with Crippen LogP contribution in [0.15, 0.2) is 97.1 Å². The number of fused-ring (bicyclic) bond motifs is 6. The third-order valence-corrected chi connectivity index (χ3v) is 41.1. The van der Waals surface area contributed by atoms with Crippen molar-refractivity contribution >= 4 is 178 Å². The molecular formula is C75H74F2N4S6Se2Si2. The molecule has 16 heteroatoms. The molecular weight excluding hydrogens is 1400 g/mol. The van der Waals surface area contributed by atoms with Gasteiger partial charge in [-0.15, -0.1) is 0 Å². The molecule has 0 amide bonds. The van der Waals surface area contributed by atoms with E-state index in [2.05, 4.69) is 205 Å². The Morgan fingerprint density at radius 2 is 0.813 bits per heavy atom. The standard InChI is InChI=1S/C75H74F2N4S6Se2Si2/c1-15-16-17-18-19-49-21-23-63(83-49)65-27-25-61(85-65)57-37-59(77)71(75-73(57)79-89-81-75)69-35-48-33-53-50(28-30-90(40(2)3,41(4)5)42(6)7)52-32-47-34-68(70-58(76)36-56(72-74(70)80-88-78-72)60-24-26-64(84-60)62-22-20-46(14)82-62)86-66(47)38-54(52)51(55(53)39-67(48)87-69)29-31-91(43(8)9,44(10)11)45(12)13/h20-27,32-45H,15-19H2,1-14H3. The Labute approximate surface area is 573 Å². The van der Waals surface area contributed by atoms with Crippen LogP contribution in [0.1, 0.15) is 137 Å². The van der Waals surface area contributed by atoms with Gasteiger partial charge in [0.25, 0.3) is 0 Å². The fraction of sp³-hybridized carbons (Fsp3) is 0.333. The summed E-state index contributed by atoms with van der Waals surface area (Å²) in [5.41, 5.74) is 18.3.